The molecule has 0 bridgehead atoms. The third kappa shape index (κ3) is 2.98. The summed E-state index contributed by atoms with van der Waals surface area (Å²) in [6, 6.07) is 10.5. The van der Waals surface area contributed by atoms with Crippen LogP contribution in [0, 0.1) is 6.92 Å². The standard InChI is InChI=1S/C18H21N5O/c1-13-9-19-18(21-13)16-12-24-8-7-23(16)11-15-10-20-22-17(15)14-5-3-2-4-6-14/h2-6,9-10,16H,7-8,11-12H2,1H3,(H,19,21)(H,20,22). The topological polar surface area (TPSA) is 69.8 Å². The van der Waals surface area contributed by atoms with E-state index in [0.29, 0.717) is 6.61 Å². The van der Waals surface area contributed by atoms with Gasteiger partial charge in [0.1, 0.15) is 5.82 Å². The molecule has 1 atom stereocenters. The van der Waals surface area contributed by atoms with E-state index in [1.165, 1.54) is 5.56 Å². The molecule has 1 aromatic carbocycles. The summed E-state index contributed by atoms with van der Waals surface area (Å²) in [5.41, 5.74) is 4.50. The Morgan fingerprint density at radius 2 is 2.12 bits per heavy atom. The number of aromatic nitrogens is 4. The first-order valence-electron chi connectivity index (χ1n) is 8.22. The van der Waals surface area contributed by atoms with Crippen LogP contribution in [0.1, 0.15) is 23.1 Å². The molecule has 0 radical (unpaired) electrons. The molecule has 6 nitrogen and oxygen atoms in total. The van der Waals surface area contributed by atoms with Crippen molar-refractivity contribution in [2.45, 2.75) is 19.5 Å². The van der Waals surface area contributed by atoms with Gasteiger partial charge in [-0.15, -0.1) is 0 Å². The van der Waals surface area contributed by atoms with Crippen LogP contribution in [0.5, 0.6) is 0 Å². The van der Waals surface area contributed by atoms with Crippen molar-refractivity contribution >= 4 is 0 Å². The number of aryl methyl sites for hydroxylation is 1. The van der Waals surface area contributed by atoms with E-state index in [9.17, 15) is 0 Å². The van der Waals surface area contributed by atoms with Gasteiger partial charge in [0, 0.05) is 30.5 Å². The number of imidazole rings is 1. The van der Waals surface area contributed by atoms with Gasteiger partial charge < -0.3 is 9.72 Å². The Kier molecular flexibility index (Phi) is 4.15. The molecule has 0 amide bonds. The van der Waals surface area contributed by atoms with Crippen molar-refractivity contribution in [2.75, 3.05) is 19.8 Å². The Bertz CT molecular complexity index is 795. The lowest BCUT2D eigenvalue weighted by atomic mass is 10.1. The lowest BCUT2D eigenvalue weighted by Crippen LogP contribution is -2.39. The van der Waals surface area contributed by atoms with Crippen LogP contribution in [0.2, 0.25) is 0 Å². The molecule has 2 aromatic heterocycles. The van der Waals surface area contributed by atoms with Crippen molar-refractivity contribution in [1.82, 2.24) is 25.1 Å². The van der Waals surface area contributed by atoms with Crippen molar-refractivity contribution in [3.63, 3.8) is 0 Å². The maximum absolute atomic E-state index is 5.68. The lowest BCUT2D eigenvalue weighted by Gasteiger charge is -2.34. The smallest absolute Gasteiger partial charge is 0.126 e. The molecule has 6 heteroatoms. The maximum atomic E-state index is 5.68. The van der Waals surface area contributed by atoms with Crippen molar-refractivity contribution in [3.05, 3.63) is 59.8 Å². The normalized spacial score (nSPS) is 18.8. The molecule has 1 unspecified atom stereocenters. The summed E-state index contributed by atoms with van der Waals surface area (Å²) >= 11 is 0. The van der Waals surface area contributed by atoms with E-state index in [-0.39, 0.29) is 6.04 Å². The fraction of sp³-hybridized carbons (Fsp3) is 0.333. The molecular weight excluding hydrogens is 302 g/mol. The molecule has 1 aliphatic heterocycles. The summed E-state index contributed by atoms with van der Waals surface area (Å²) < 4.78 is 5.68. The number of rotatable bonds is 4. The third-order valence-electron chi connectivity index (χ3n) is 4.43. The SMILES string of the molecule is Cc1cnc(C2COCCN2Cc2cn[nH]c2-c2ccccc2)[nH]1. The van der Waals surface area contributed by atoms with Gasteiger partial charge in [-0.2, -0.15) is 5.10 Å². The molecule has 24 heavy (non-hydrogen) atoms. The third-order valence-corrected chi connectivity index (χ3v) is 4.43. The van der Waals surface area contributed by atoms with Gasteiger partial charge >= 0.3 is 0 Å². The molecule has 3 aromatic rings. The molecule has 3 heterocycles. The number of aromatic amines is 2. The summed E-state index contributed by atoms with van der Waals surface area (Å²) in [7, 11) is 0. The second-order valence-electron chi connectivity index (χ2n) is 6.15. The first-order valence-corrected chi connectivity index (χ1v) is 8.22. The minimum atomic E-state index is 0.144. The zero-order valence-corrected chi connectivity index (χ0v) is 13.7. The Balaban J connectivity index is 1.59. The van der Waals surface area contributed by atoms with E-state index in [2.05, 4.69) is 37.2 Å². The van der Waals surface area contributed by atoms with E-state index in [1.54, 1.807) is 0 Å². The van der Waals surface area contributed by atoms with Crippen molar-refractivity contribution in [3.8, 4) is 11.3 Å². The molecule has 4 rings (SSSR count). The number of H-pyrrole nitrogens is 2. The molecule has 1 fully saturated rings. The molecule has 0 aliphatic carbocycles. The molecule has 1 saturated heterocycles. The number of nitrogens with one attached hydrogen (secondary N) is 2. The first kappa shape index (κ1) is 15.1. The lowest BCUT2D eigenvalue weighted by molar-refractivity contribution is -0.0156. The summed E-state index contributed by atoms with van der Waals surface area (Å²) in [5.74, 6) is 0.969. The second kappa shape index (κ2) is 6.59. The average Bonchev–Trinajstić information content (AvgIpc) is 3.25. The summed E-state index contributed by atoms with van der Waals surface area (Å²) in [5, 5.41) is 7.40. The molecular formula is C18H21N5O. The van der Waals surface area contributed by atoms with Crippen LogP contribution in [0.15, 0.2) is 42.7 Å². The molecule has 1 aliphatic rings. The molecule has 0 saturated carbocycles. The van der Waals surface area contributed by atoms with Crippen LogP contribution >= 0.6 is 0 Å². The molecule has 0 spiro atoms. The fourth-order valence-electron chi connectivity index (χ4n) is 3.19. The number of hydrogen-bond acceptors (Lipinski definition) is 4. The van der Waals surface area contributed by atoms with Gasteiger partial charge in [0.25, 0.3) is 0 Å². The monoisotopic (exact) mass is 323 g/mol. The van der Waals surface area contributed by atoms with Crippen LogP contribution in [0.4, 0.5) is 0 Å². The molecule has 2 N–H and O–H groups in total. The van der Waals surface area contributed by atoms with E-state index in [1.807, 2.05) is 37.5 Å². The van der Waals surface area contributed by atoms with Gasteiger partial charge in [0.15, 0.2) is 0 Å². The maximum Gasteiger partial charge on any atom is 0.126 e. The highest BCUT2D eigenvalue weighted by atomic mass is 16.5. The quantitative estimate of drug-likeness (QED) is 0.774. The Labute approximate surface area is 140 Å². The number of nitrogens with zero attached hydrogens (tertiary/aromatic N) is 3. The summed E-state index contributed by atoms with van der Waals surface area (Å²) in [6.07, 6.45) is 3.79. The largest absolute Gasteiger partial charge is 0.378 e. The Morgan fingerprint density at radius 3 is 2.92 bits per heavy atom. The van der Waals surface area contributed by atoms with E-state index < -0.39 is 0 Å². The van der Waals surface area contributed by atoms with E-state index in [0.717, 1.165) is 42.5 Å². The minimum Gasteiger partial charge on any atom is -0.378 e. The van der Waals surface area contributed by atoms with Crippen molar-refractivity contribution in [1.29, 1.82) is 0 Å². The zero-order chi connectivity index (χ0) is 16.4. The minimum absolute atomic E-state index is 0.144. The van der Waals surface area contributed by atoms with E-state index >= 15 is 0 Å². The highest BCUT2D eigenvalue weighted by Gasteiger charge is 2.27. The van der Waals surface area contributed by atoms with Crippen LogP contribution in [-0.2, 0) is 11.3 Å². The number of hydrogen-bond donors (Lipinski definition) is 2. The highest BCUT2D eigenvalue weighted by molar-refractivity contribution is 5.62. The van der Waals surface area contributed by atoms with Gasteiger partial charge in [-0.05, 0) is 12.5 Å². The fourth-order valence-corrected chi connectivity index (χ4v) is 3.19. The summed E-state index contributed by atoms with van der Waals surface area (Å²) in [4.78, 5) is 10.2. The van der Waals surface area contributed by atoms with E-state index in [4.69, 9.17) is 4.74 Å². The number of benzene rings is 1. The van der Waals surface area contributed by atoms with Crippen LogP contribution in [-0.4, -0.2) is 44.8 Å². The second-order valence-corrected chi connectivity index (χ2v) is 6.15. The van der Waals surface area contributed by atoms with Gasteiger partial charge in [-0.3, -0.25) is 10.00 Å². The van der Waals surface area contributed by atoms with Gasteiger partial charge in [-0.25, -0.2) is 4.98 Å². The van der Waals surface area contributed by atoms with Gasteiger partial charge in [0.05, 0.1) is 31.1 Å². The molecule has 124 valence electrons. The van der Waals surface area contributed by atoms with Crippen LogP contribution < -0.4 is 0 Å². The van der Waals surface area contributed by atoms with Crippen molar-refractivity contribution in [2.24, 2.45) is 0 Å². The predicted octanol–water partition coefficient (Wildman–Crippen LogP) is 2.68. The zero-order valence-electron chi connectivity index (χ0n) is 13.7. The van der Waals surface area contributed by atoms with Crippen LogP contribution in [0.3, 0.4) is 0 Å². The van der Waals surface area contributed by atoms with Gasteiger partial charge in [-0.1, -0.05) is 30.3 Å². The highest BCUT2D eigenvalue weighted by Crippen LogP contribution is 2.27. The Hall–Kier alpha value is -2.44. The number of morpholine rings is 1. The van der Waals surface area contributed by atoms with Crippen molar-refractivity contribution < 1.29 is 4.74 Å². The van der Waals surface area contributed by atoms with Gasteiger partial charge in [0.2, 0.25) is 0 Å². The predicted molar refractivity (Wildman–Crippen MR) is 91.3 cm³/mol. The number of ether oxygens (including phenoxy) is 1. The summed E-state index contributed by atoms with van der Waals surface area (Å²) in [6.45, 7) is 5.12. The van der Waals surface area contributed by atoms with Crippen LogP contribution in [0.25, 0.3) is 11.3 Å². The first-order chi connectivity index (χ1) is 11.8. The average molecular weight is 323 g/mol. The Morgan fingerprint density at radius 1 is 1.25 bits per heavy atom.